The molecule has 0 atom stereocenters. The van der Waals surface area contributed by atoms with Crippen LogP contribution in [0, 0.1) is 5.41 Å². The quantitative estimate of drug-likeness (QED) is 0.772. The third kappa shape index (κ3) is 4.18. The van der Waals surface area contributed by atoms with Gasteiger partial charge in [-0.15, -0.1) is 0 Å². The molecule has 2 fully saturated rings. The van der Waals surface area contributed by atoms with Crippen LogP contribution in [-0.2, 0) is 19.4 Å². The number of sulfone groups is 1. The fraction of sp³-hybridized carbons (Fsp3) is 0.923. The Bertz CT molecular complexity index is 416. The zero-order chi connectivity index (χ0) is 13.9. The van der Waals surface area contributed by atoms with E-state index in [1.54, 1.807) is 0 Å². The third-order valence-electron chi connectivity index (χ3n) is 4.42. The van der Waals surface area contributed by atoms with Gasteiger partial charge in [-0.25, -0.2) is 8.42 Å². The lowest BCUT2D eigenvalue weighted by Gasteiger charge is -2.44. The van der Waals surface area contributed by atoms with E-state index in [9.17, 15) is 13.2 Å². The highest BCUT2D eigenvalue weighted by molar-refractivity contribution is 7.90. The molecule has 2 aliphatic heterocycles. The molecule has 5 nitrogen and oxygen atoms in total. The summed E-state index contributed by atoms with van der Waals surface area (Å²) in [6, 6.07) is 0. The Labute approximate surface area is 115 Å². The molecule has 0 aliphatic carbocycles. The molecule has 0 aromatic carbocycles. The van der Waals surface area contributed by atoms with Gasteiger partial charge in [0.1, 0.15) is 9.84 Å². The summed E-state index contributed by atoms with van der Waals surface area (Å²) in [5.41, 5.74) is 0.367. The summed E-state index contributed by atoms with van der Waals surface area (Å²) >= 11 is 0. The Hall–Kier alpha value is -0.620. The van der Waals surface area contributed by atoms with E-state index < -0.39 is 9.84 Å². The van der Waals surface area contributed by atoms with Crippen molar-refractivity contribution >= 4 is 15.7 Å². The second-order valence-electron chi connectivity index (χ2n) is 5.87. The van der Waals surface area contributed by atoms with Gasteiger partial charge >= 0.3 is 0 Å². The minimum Gasteiger partial charge on any atom is -0.381 e. The van der Waals surface area contributed by atoms with Gasteiger partial charge in [0.15, 0.2) is 0 Å². The highest BCUT2D eigenvalue weighted by atomic mass is 32.2. The second-order valence-corrected chi connectivity index (χ2v) is 8.13. The Morgan fingerprint density at radius 1 is 1.16 bits per heavy atom. The number of hydrogen-bond donors (Lipinski definition) is 0. The number of rotatable bonds is 3. The molecule has 0 aromatic heterocycles. The molecule has 6 heteroatoms. The normalized spacial score (nSPS) is 23.5. The smallest absolute Gasteiger partial charge is 0.223 e. The Morgan fingerprint density at radius 3 is 2.26 bits per heavy atom. The molecule has 0 radical (unpaired) electrons. The zero-order valence-corrected chi connectivity index (χ0v) is 12.4. The van der Waals surface area contributed by atoms with Crippen molar-refractivity contribution in [3.05, 3.63) is 0 Å². The fourth-order valence-electron chi connectivity index (χ4n) is 2.97. The minimum absolute atomic E-state index is 0.0210. The van der Waals surface area contributed by atoms with Crippen molar-refractivity contribution in [2.75, 3.05) is 38.3 Å². The van der Waals surface area contributed by atoms with Crippen molar-refractivity contribution in [2.24, 2.45) is 5.41 Å². The highest BCUT2D eigenvalue weighted by Crippen LogP contribution is 2.40. The molecule has 2 aliphatic rings. The molecule has 2 heterocycles. The molecule has 0 saturated carbocycles. The van der Waals surface area contributed by atoms with Crippen LogP contribution in [-0.4, -0.2) is 57.5 Å². The highest BCUT2D eigenvalue weighted by Gasteiger charge is 2.37. The van der Waals surface area contributed by atoms with E-state index in [4.69, 9.17) is 4.74 Å². The SMILES string of the molecule is CS(=O)(=O)CCC(=O)N1CCC2(CCOCC2)CC1. The lowest BCUT2D eigenvalue weighted by Crippen LogP contribution is -2.45. The lowest BCUT2D eigenvalue weighted by atomic mass is 9.72. The number of piperidine rings is 1. The van der Waals surface area contributed by atoms with Crippen molar-refractivity contribution in [3.8, 4) is 0 Å². The maximum Gasteiger partial charge on any atom is 0.223 e. The predicted octanol–water partition coefficient (Wildman–Crippen LogP) is 0.840. The summed E-state index contributed by atoms with van der Waals surface area (Å²) in [5.74, 6) is -0.0613. The van der Waals surface area contributed by atoms with Gasteiger partial charge in [-0.1, -0.05) is 0 Å². The molecule has 110 valence electrons. The molecule has 0 aromatic rings. The second kappa shape index (κ2) is 5.79. The van der Waals surface area contributed by atoms with Gasteiger partial charge in [0.05, 0.1) is 5.75 Å². The van der Waals surface area contributed by atoms with E-state index in [0.717, 1.165) is 52.0 Å². The number of likely N-dealkylation sites (tertiary alicyclic amines) is 1. The zero-order valence-electron chi connectivity index (χ0n) is 11.6. The molecule has 1 spiro atoms. The molecule has 2 rings (SSSR count). The third-order valence-corrected chi connectivity index (χ3v) is 5.36. The first kappa shape index (κ1) is 14.8. The summed E-state index contributed by atoms with van der Waals surface area (Å²) < 4.78 is 27.6. The average Bonchev–Trinajstić information content (AvgIpc) is 2.37. The first-order chi connectivity index (χ1) is 8.90. The standard InChI is InChI=1S/C13H23NO4S/c1-19(16,17)11-2-12(15)14-7-3-13(4-8-14)5-9-18-10-6-13/h2-11H2,1H3. The number of ether oxygens (including phenoxy) is 1. The van der Waals surface area contributed by atoms with E-state index >= 15 is 0 Å². The molecule has 1 amide bonds. The van der Waals surface area contributed by atoms with Gasteiger partial charge in [0.25, 0.3) is 0 Å². The van der Waals surface area contributed by atoms with Crippen molar-refractivity contribution < 1.29 is 17.9 Å². The van der Waals surface area contributed by atoms with E-state index in [2.05, 4.69) is 0 Å². The summed E-state index contributed by atoms with van der Waals surface area (Å²) in [4.78, 5) is 13.8. The van der Waals surface area contributed by atoms with Gasteiger partial charge in [-0.05, 0) is 31.1 Å². The van der Waals surface area contributed by atoms with Crippen molar-refractivity contribution in [1.82, 2.24) is 4.90 Å². The Kier molecular flexibility index (Phi) is 4.50. The van der Waals surface area contributed by atoms with Gasteiger partial charge in [-0.2, -0.15) is 0 Å². The van der Waals surface area contributed by atoms with Crippen LogP contribution >= 0.6 is 0 Å². The summed E-state index contributed by atoms with van der Waals surface area (Å²) in [6.07, 6.45) is 5.54. The van der Waals surface area contributed by atoms with Crippen LogP contribution < -0.4 is 0 Å². The predicted molar refractivity (Wildman–Crippen MR) is 72.6 cm³/mol. The number of carbonyl (C=O) groups is 1. The Balaban J connectivity index is 1.80. The van der Waals surface area contributed by atoms with Gasteiger partial charge in [0.2, 0.25) is 5.91 Å². The van der Waals surface area contributed by atoms with Crippen LogP contribution in [0.2, 0.25) is 0 Å². The van der Waals surface area contributed by atoms with Gasteiger partial charge < -0.3 is 9.64 Å². The van der Waals surface area contributed by atoms with E-state index in [-0.39, 0.29) is 18.1 Å². The van der Waals surface area contributed by atoms with Crippen molar-refractivity contribution in [2.45, 2.75) is 32.1 Å². The van der Waals surface area contributed by atoms with E-state index in [1.807, 2.05) is 4.90 Å². The molecule has 19 heavy (non-hydrogen) atoms. The van der Waals surface area contributed by atoms with Crippen LogP contribution in [0.25, 0.3) is 0 Å². The topological polar surface area (TPSA) is 63.7 Å². The molecular weight excluding hydrogens is 266 g/mol. The first-order valence-corrected chi connectivity index (χ1v) is 9.00. The lowest BCUT2D eigenvalue weighted by molar-refractivity contribution is -0.134. The van der Waals surface area contributed by atoms with E-state index in [1.165, 1.54) is 6.26 Å². The first-order valence-electron chi connectivity index (χ1n) is 6.94. The summed E-state index contributed by atoms with van der Waals surface area (Å²) in [7, 11) is -3.05. The molecule has 0 unspecified atom stereocenters. The maximum absolute atomic E-state index is 12.0. The number of hydrogen-bond acceptors (Lipinski definition) is 4. The molecule has 0 N–H and O–H groups in total. The summed E-state index contributed by atoms with van der Waals surface area (Å²) in [6.45, 7) is 3.20. The van der Waals surface area contributed by atoms with Crippen molar-refractivity contribution in [3.63, 3.8) is 0 Å². The van der Waals surface area contributed by atoms with Crippen LogP contribution in [0.15, 0.2) is 0 Å². The molecular formula is C13H23NO4S. The van der Waals surface area contributed by atoms with Crippen LogP contribution in [0.1, 0.15) is 32.1 Å². The number of amides is 1. The summed E-state index contributed by atoms with van der Waals surface area (Å²) in [5, 5.41) is 0. The van der Waals surface area contributed by atoms with Crippen LogP contribution in [0.5, 0.6) is 0 Å². The Morgan fingerprint density at radius 2 is 1.74 bits per heavy atom. The maximum atomic E-state index is 12.0. The van der Waals surface area contributed by atoms with Gasteiger partial charge in [-0.3, -0.25) is 4.79 Å². The van der Waals surface area contributed by atoms with Crippen LogP contribution in [0.3, 0.4) is 0 Å². The minimum atomic E-state index is -3.05. The van der Waals surface area contributed by atoms with Gasteiger partial charge in [0, 0.05) is 39.0 Å². The van der Waals surface area contributed by atoms with E-state index in [0.29, 0.717) is 5.41 Å². The molecule has 0 bridgehead atoms. The fourth-order valence-corrected chi connectivity index (χ4v) is 3.51. The largest absolute Gasteiger partial charge is 0.381 e. The molecule has 2 saturated heterocycles. The number of nitrogens with zero attached hydrogens (tertiary/aromatic N) is 1. The van der Waals surface area contributed by atoms with Crippen molar-refractivity contribution in [1.29, 1.82) is 0 Å². The average molecular weight is 289 g/mol. The monoisotopic (exact) mass is 289 g/mol. The van der Waals surface area contributed by atoms with Crippen LogP contribution in [0.4, 0.5) is 0 Å². The number of carbonyl (C=O) groups excluding carboxylic acids is 1.